The zero-order chi connectivity index (χ0) is 24.4. The van der Waals surface area contributed by atoms with E-state index in [4.69, 9.17) is 12.2 Å². The third-order valence-corrected chi connectivity index (χ3v) is 6.82. The van der Waals surface area contributed by atoms with Gasteiger partial charge in [0, 0.05) is 42.3 Å². The van der Waals surface area contributed by atoms with Crippen LogP contribution in [0.25, 0.3) is 0 Å². The minimum Gasteiger partial charge on any atom is -0.352 e. The van der Waals surface area contributed by atoms with Gasteiger partial charge < -0.3 is 20.1 Å². The lowest BCUT2D eigenvalue weighted by Gasteiger charge is -2.28. The van der Waals surface area contributed by atoms with Crippen LogP contribution in [0.15, 0.2) is 54.7 Å². The maximum atomic E-state index is 12.8. The second-order valence-electron chi connectivity index (χ2n) is 9.27. The minimum absolute atomic E-state index is 0.0284. The van der Waals surface area contributed by atoms with Crippen molar-refractivity contribution in [1.29, 1.82) is 0 Å². The molecule has 0 radical (unpaired) electrons. The summed E-state index contributed by atoms with van der Waals surface area (Å²) < 4.78 is 2.36. The molecule has 1 aliphatic heterocycles. The van der Waals surface area contributed by atoms with Crippen LogP contribution < -0.4 is 10.6 Å². The highest BCUT2D eigenvalue weighted by Crippen LogP contribution is 2.41. The summed E-state index contributed by atoms with van der Waals surface area (Å²) in [5.74, 6) is -0.0284. The van der Waals surface area contributed by atoms with E-state index in [1.165, 1.54) is 17.0 Å². The van der Waals surface area contributed by atoms with Gasteiger partial charge >= 0.3 is 0 Å². The Morgan fingerprint density at radius 2 is 1.88 bits per heavy atom. The molecule has 0 spiro atoms. The molecule has 2 atom stereocenters. The third kappa shape index (κ3) is 4.85. The second-order valence-corrected chi connectivity index (χ2v) is 9.66. The number of pyridine rings is 1. The van der Waals surface area contributed by atoms with Crippen LogP contribution in [0.3, 0.4) is 0 Å². The Bertz CT molecular complexity index is 1170. The summed E-state index contributed by atoms with van der Waals surface area (Å²) in [5.41, 5.74) is 6.56. The largest absolute Gasteiger partial charge is 0.352 e. The van der Waals surface area contributed by atoms with Gasteiger partial charge in [-0.25, -0.2) is 0 Å². The number of benzene rings is 1. The number of hydrogen-bond donors (Lipinski definition) is 2. The number of nitrogens with zero attached hydrogens (tertiary/aromatic N) is 3. The average molecular weight is 476 g/mol. The normalized spacial score (nSPS) is 17.8. The number of aromatic nitrogens is 2. The molecule has 7 heteroatoms. The minimum atomic E-state index is -0.0880. The zero-order valence-electron chi connectivity index (χ0n) is 20.5. The third-order valence-electron chi connectivity index (χ3n) is 6.47. The number of carbonyl (C=O) groups is 1. The SMILES string of the molecule is Cc1ccc(NC(=O)CCN2C(=S)N[C@H](c3ccccn3)[C@H]2c2cc(C)n(C(C)C)c2C)cc1. The lowest BCUT2D eigenvalue weighted by molar-refractivity contribution is -0.116. The topological polar surface area (TPSA) is 62.2 Å². The van der Waals surface area contributed by atoms with Gasteiger partial charge in [0.2, 0.25) is 5.91 Å². The van der Waals surface area contributed by atoms with Crippen molar-refractivity contribution in [1.82, 2.24) is 19.8 Å². The molecule has 178 valence electrons. The van der Waals surface area contributed by atoms with E-state index < -0.39 is 0 Å². The van der Waals surface area contributed by atoms with E-state index >= 15 is 0 Å². The first-order valence-corrected chi connectivity index (χ1v) is 12.2. The van der Waals surface area contributed by atoms with E-state index in [-0.39, 0.29) is 18.0 Å². The van der Waals surface area contributed by atoms with Gasteiger partial charge in [0.05, 0.1) is 17.8 Å². The lowest BCUT2D eigenvalue weighted by Crippen LogP contribution is -2.33. The van der Waals surface area contributed by atoms with E-state index in [2.05, 4.69) is 58.8 Å². The van der Waals surface area contributed by atoms with Gasteiger partial charge in [0.1, 0.15) is 0 Å². The van der Waals surface area contributed by atoms with Gasteiger partial charge in [-0.05, 0) is 82.7 Å². The summed E-state index contributed by atoms with van der Waals surface area (Å²) in [6.07, 6.45) is 2.15. The first kappa shape index (κ1) is 24.0. The summed E-state index contributed by atoms with van der Waals surface area (Å²) in [6.45, 7) is 11.3. The molecule has 4 rings (SSSR count). The van der Waals surface area contributed by atoms with Crippen LogP contribution in [0.1, 0.15) is 66.6 Å². The predicted molar refractivity (Wildman–Crippen MR) is 141 cm³/mol. The summed E-state index contributed by atoms with van der Waals surface area (Å²) in [4.78, 5) is 19.5. The molecule has 1 amide bonds. The molecule has 0 unspecified atom stereocenters. The first-order valence-electron chi connectivity index (χ1n) is 11.8. The molecule has 1 fully saturated rings. The number of hydrogen-bond acceptors (Lipinski definition) is 3. The highest BCUT2D eigenvalue weighted by Gasteiger charge is 2.41. The summed E-state index contributed by atoms with van der Waals surface area (Å²) in [5, 5.41) is 7.14. The molecule has 3 heterocycles. The fraction of sp³-hybridized carbons (Fsp3) is 0.370. The van der Waals surface area contributed by atoms with Gasteiger partial charge in [0.15, 0.2) is 5.11 Å². The highest BCUT2D eigenvalue weighted by atomic mass is 32.1. The van der Waals surface area contributed by atoms with E-state index in [0.717, 1.165) is 16.9 Å². The molecule has 2 N–H and O–H groups in total. The summed E-state index contributed by atoms with van der Waals surface area (Å²) in [6, 6.07) is 16.3. The van der Waals surface area contributed by atoms with Gasteiger partial charge in [-0.15, -0.1) is 0 Å². The molecule has 34 heavy (non-hydrogen) atoms. The fourth-order valence-electron chi connectivity index (χ4n) is 4.96. The van der Waals surface area contributed by atoms with Crippen molar-refractivity contribution < 1.29 is 4.79 Å². The Hall–Kier alpha value is -3.19. The van der Waals surface area contributed by atoms with Gasteiger partial charge in [-0.3, -0.25) is 9.78 Å². The molecule has 2 aromatic heterocycles. The average Bonchev–Trinajstić information content (AvgIpc) is 3.29. The Morgan fingerprint density at radius 3 is 2.50 bits per heavy atom. The highest BCUT2D eigenvalue weighted by molar-refractivity contribution is 7.80. The second kappa shape index (κ2) is 9.97. The number of thiocarbonyl (C=S) groups is 1. The molecule has 1 aliphatic rings. The maximum absolute atomic E-state index is 12.8. The molecule has 0 aliphatic carbocycles. The standard InChI is InChI=1S/C27H33N5OS/c1-17(2)32-19(4)16-22(20(32)5)26-25(23-8-6-7-14-28-23)30-27(34)31(26)15-13-24(33)29-21-11-9-18(3)10-12-21/h6-12,14,16-17,25-26H,13,15H2,1-5H3,(H,29,33)(H,30,34)/t25-,26-/m1/s1. The van der Waals surface area contributed by atoms with E-state index in [0.29, 0.717) is 24.1 Å². The van der Waals surface area contributed by atoms with Crippen molar-refractivity contribution in [3.8, 4) is 0 Å². The van der Waals surface area contributed by atoms with Crippen LogP contribution in [0, 0.1) is 20.8 Å². The Kier molecular flexibility index (Phi) is 7.03. The number of aryl methyl sites for hydroxylation is 2. The molecule has 6 nitrogen and oxygen atoms in total. The van der Waals surface area contributed by atoms with Gasteiger partial charge in [-0.2, -0.15) is 0 Å². The summed E-state index contributed by atoms with van der Waals surface area (Å²) in [7, 11) is 0. The molecule has 0 saturated carbocycles. The van der Waals surface area contributed by atoms with Gasteiger partial charge in [-0.1, -0.05) is 23.8 Å². The van der Waals surface area contributed by atoms with E-state index in [1.807, 2.05) is 55.6 Å². The Labute approximate surface area is 207 Å². The van der Waals surface area contributed by atoms with Crippen LogP contribution in [-0.4, -0.2) is 32.0 Å². The fourth-order valence-corrected chi connectivity index (χ4v) is 5.30. The van der Waals surface area contributed by atoms with Crippen LogP contribution in [-0.2, 0) is 4.79 Å². The maximum Gasteiger partial charge on any atom is 0.226 e. The van der Waals surface area contributed by atoms with Crippen molar-refractivity contribution in [2.45, 2.75) is 59.2 Å². The lowest BCUT2D eigenvalue weighted by atomic mass is 9.96. The molecular weight excluding hydrogens is 442 g/mol. The zero-order valence-corrected chi connectivity index (χ0v) is 21.3. The number of amides is 1. The quantitative estimate of drug-likeness (QED) is 0.449. The number of nitrogens with one attached hydrogen (secondary N) is 2. The summed E-state index contributed by atoms with van der Waals surface area (Å²) >= 11 is 5.77. The first-order chi connectivity index (χ1) is 16.3. The predicted octanol–water partition coefficient (Wildman–Crippen LogP) is 5.39. The molecule has 3 aromatic rings. The molecule has 0 bridgehead atoms. The van der Waals surface area contributed by atoms with Crippen molar-refractivity contribution in [3.05, 3.63) is 82.9 Å². The van der Waals surface area contributed by atoms with Crippen molar-refractivity contribution in [2.75, 3.05) is 11.9 Å². The molecular formula is C27H33N5OS. The Morgan fingerprint density at radius 1 is 1.15 bits per heavy atom. The van der Waals surface area contributed by atoms with Crippen LogP contribution in [0.4, 0.5) is 5.69 Å². The smallest absolute Gasteiger partial charge is 0.226 e. The molecule has 1 saturated heterocycles. The Balaban J connectivity index is 1.61. The number of rotatable bonds is 7. The van der Waals surface area contributed by atoms with Crippen LogP contribution in [0.5, 0.6) is 0 Å². The van der Waals surface area contributed by atoms with Crippen molar-refractivity contribution >= 4 is 28.9 Å². The van der Waals surface area contributed by atoms with E-state index in [9.17, 15) is 4.79 Å². The number of carbonyl (C=O) groups excluding carboxylic acids is 1. The van der Waals surface area contributed by atoms with Crippen molar-refractivity contribution in [2.24, 2.45) is 0 Å². The molecule has 1 aromatic carbocycles. The van der Waals surface area contributed by atoms with Gasteiger partial charge in [0.25, 0.3) is 0 Å². The van der Waals surface area contributed by atoms with E-state index in [1.54, 1.807) is 0 Å². The number of anilines is 1. The van der Waals surface area contributed by atoms with Crippen molar-refractivity contribution in [3.63, 3.8) is 0 Å². The monoisotopic (exact) mass is 475 g/mol. The van der Waals surface area contributed by atoms with Crippen LogP contribution in [0.2, 0.25) is 0 Å². The van der Waals surface area contributed by atoms with Crippen LogP contribution >= 0.6 is 12.2 Å².